The van der Waals surface area contributed by atoms with Crippen LogP contribution in [0.3, 0.4) is 0 Å². The minimum atomic E-state index is -2.29. The molecule has 111 heavy (non-hydrogen) atoms. The number of hydrogen-bond acceptors (Lipinski definition) is 10. The van der Waals surface area contributed by atoms with E-state index in [-0.39, 0.29) is 76.5 Å². The van der Waals surface area contributed by atoms with Gasteiger partial charge in [-0.3, -0.25) is 4.79 Å². The summed E-state index contributed by atoms with van der Waals surface area (Å²) < 4.78 is 26.0. The van der Waals surface area contributed by atoms with Gasteiger partial charge in [0.2, 0.25) is 0 Å². The van der Waals surface area contributed by atoms with Gasteiger partial charge in [0.25, 0.3) is 0 Å². The third-order valence-corrected chi connectivity index (χ3v) is 35.7. The number of halogens is 3. The van der Waals surface area contributed by atoms with Crippen LogP contribution < -0.4 is 105 Å². The van der Waals surface area contributed by atoms with E-state index in [1.54, 1.807) is 12.7 Å². The number of alkyl halides is 1. The zero-order valence-electron chi connectivity index (χ0n) is 63.8. The molecule has 0 bridgehead atoms. The molecule has 12 rings (SSSR count). The van der Waals surface area contributed by atoms with Crippen molar-refractivity contribution in [2.75, 3.05) is 44.5 Å². The molecule has 0 aliphatic heterocycles. The van der Waals surface area contributed by atoms with E-state index < -0.39 is 28.3 Å². The number of esters is 5. The molecule has 0 saturated heterocycles. The van der Waals surface area contributed by atoms with Gasteiger partial charge in [0.1, 0.15) is 51.7 Å². The van der Waals surface area contributed by atoms with Gasteiger partial charge < -0.3 is 64.6 Å². The van der Waals surface area contributed by atoms with Crippen LogP contribution in [0.1, 0.15) is 48.5 Å². The van der Waals surface area contributed by atoms with E-state index in [4.69, 9.17) is 18.9 Å². The molecule has 0 fully saturated rings. The lowest BCUT2D eigenvalue weighted by Gasteiger charge is -2.31. The van der Waals surface area contributed by atoms with Crippen molar-refractivity contribution in [3.05, 3.63) is 364 Å². The van der Waals surface area contributed by atoms with E-state index in [2.05, 4.69) is 166 Å². The second-order valence-electron chi connectivity index (χ2n) is 24.5. The van der Waals surface area contributed by atoms with Crippen molar-refractivity contribution < 1.29 is 88.6 Å². The van der Waals surface area contributed by atoms with Gasteiger partial charge in [-0.15, -0.1) is 0 Å². The Kier molecular flexibility index (Phi) is 39.5. The van der Waals surface area contributed by atoms with Gasteiger partial charge in [-0.25, -0.2) is 19.2 Å². The Morgan fingerprint density at radius 1 is 0.342 bits per heavy atom. The molecule has 0 aliphatic carbocycles. The fraction of sp³-hybridized carbons (Fsp3) is 0.160. The fourth-order valence-electron chi connectivity index (χ4n) is 13.3. The number of hydrogen-bond donors (Lipinski definition) is 0. The fourth-order valence-corrected chi connectivity index (χ4v) is 29.8. The molecule has 574 valence electrons. The van der Waals surface area contributed by atoms with Crippen LogP contribution in [0.4, 0.5) is 0 Å². The first kappa shape index (κ1) is 91.0. The highest BCUT2D eigenvalue weighted by Gasteiger charge is 2.54. The van der Waals surface area contributed by atoms with Gasteiger partial charge in [0.15, 0.2) is 11.8 Å². The molecule has 12 aromatic carbocycles. The van der Waals surface area contributed by atoms with Gasteiger partial charge in [-0.1, -0.05) is 307 Å². The first-order chi connectivity index (χ1) is 53.3. The van der Waals surface area contributed by atoms with Crippen LogP contribution in [0.15, 0.2) is 364 Å². The van der Waals surface area contributed by atoms with Crippen molar-refractivity contribution in [1.82, 2.24) is 0 Å². The molecule has 0 heterocycles. The summed E-state index contributed by atoms with van der Waals surface area (Å²) in [5.41, 5.74) is -0.269. The number of ether oxygens (including phenoxy) is 5. The van der Waals surface area contributed by atoms with Crippen molar-refractivity contribution in [3.63, 3.8) is 0 Å². The van der Waals surface area contributed by atoms with Gasteiger partial charge >= 0.3 is 29.8 Å². The molecule has 1 atom stereocenters. The summed E-state index contributed by atoms with van der Waals surface area (Å²) >= 11 is 2.94. The lowest BCUT2D eigenvalue weighted by molar-refractivity contribution is -0.142. The zero-order valence-corrected chi connectivity index (χ0v) is 72.7. The molecule has 10 nitrogen and oxygen atoms in total. The maximum Gasteiger partial charge on any atom is 0.347 e. The summed E-state index contributed by atoms with van der Waals surface area (Å²) in [6.07, 6.45) is 0.374. The van der Waals surface area contributed by atoms with Gasteiger partial charge in [-0.05, 0) is 167 Å². The second-order valence-corrected chi connectivity index (χ2v) is 39.1. The minimum absolute atomic E-state index is 0. The Bertz CT molecular complexity index is 4420. The molecule has 0 amide bonds. The molecule has 1 unspecified atom stereocenters. The summed E-state index contributed by atoms with van der Waals surface area (Å²) in [6.45, 7) is 10.6. The van der Waals surface area contributed by atoms with Crippen molar-refractivity contribution >= 4 is 149 Å². The molecule has 0 spiro atoms. The van der Waals surface area contributed by atoms with Crippen LogP contribution in [0.2, 0.25) is 0 Å². The predicted octanol–water partition coefficient (Wildman–Crippen LogP) is 9.51. The minimum Gasteiger partial charge on any atom is -1.00 e. The predicted molar refractivity (Wildman–Crippen MR) is 469 cm³/mol. The van der Waals surface area contributed by atoms with Crippen LogP contribution in [-0.2, 0) is 47.7 Å². The van der Waals surface area contributed by atoms with E-state index in [1.807, 2.05) is 260 Å². The van der Waals surface area contributed by atoms with Gasteiger partial charge in [-0.2, -0.15) is 0 Å². The molecule has 0 radical (unpaired) electrons. The molecular weight excluding hydrogens is 1700 g/mol. The molecule has 0 N–H and O–H groups in total. The Morgan fingerprint density at radius 3 is 0.838 bits per heavy atom. The number of carbonyl (C=O) groups excluding carboxylic acids is 5. The summed E-state index contributed by atoms with van der Waals surface area (Å²) in [6, 6.07) is 124. The monoisotopic (exact) mass is 1790 g/mol. The van der Waals surface area contributed by atoms with Crippen molar-refractivity contribution in [2.45, 2.75) is 54.1 Å². The third-order valence-electron chi connectivity index (χ3n) is 18.0. The Morgan fingerprint density at radius 2 is 0.586 bits per heavy atom. The molecule has 17 heteroatoms. The molecular formula is C94H97Br2IO10P4. The molecule has 12 aromatic rings. The number of rotatable bonds is 24. The Hall–Kier alpha value is -8.86. The summed E-state index contributed by atoms with van der Waals surface area (Å²) in [5, 5.41) is 15.1. The topological polar surface area (TPSA) is 132 Å². The number of benzene rings is 12. The van der Waals surface area contributed by atoms with E-state index in [0.717, 1.165) is 37.1 Å². The summed E-state index contributed by atoms with van der Waals surface area (Å²) in [5.74, 6) is 0.813. The largest absolute Gasteiger partial charge is 1.00 e. The normalized spacial score (nSPS) is 11.0. The first-order valence-electron chi connectivity index (χ1n) is 36.6. The van der Waals surface area contributed by atoms with Crippen LogP contribution in [0.5, 0.6) is 0 Å². The van der Waals surface area contributed by atoms with E-state index in [1.165, 1.54) is 31.8 Å². The maximum absolute atomic E-state index is 12.9. The van der Waals surface area contributed by atoms with E-state index in [9.17, 15) is 24.0 Å². The Labute approximate surface area is 694 Å². The lowest BCUT2D eigenvalue weighted by Crippen LogP contribution is -3.00. The molecule has 0 aliphatic rings. The molecule has 0 saturated carbocycles. The Balaban J connectivity index is 0.000000223. The standard InChI is InChI=1S/C23H24O2P.C23H23O2P.C22H22O2P.C22H21O2P.C4H7BrO2.BrH.HI/c2*1-3-25-23(24)19(2)26(20-13-7-4-8-14-20,21-15-9-5-10-16-21)22-17-11-6-12-18-22;2*1-2-24-22(23)18-25(19-12-6-3-7-13-19,20-14-8-4-9-15-20)21-16-10-5-11-17-21;1-2-7-4(6)3-5;;/h4-19H,3H2,1-2H3;4-18H,3H2,1-2H3;3-17H,2,18H2,1H3;3-18H,2H2,1H3;2-3H2,1H3;2*1H/q+1;;+1;;;;/p-2. The van der Waals surface area contributed by atoms with Crippen LogP contribution in [0.25, 0.3) is 0 Å². The number of carbonyl (C=O) groups is 5. The van der Waals surface area contributed by atoms with Crippen LogP contribution >= 0.6 is 44.2 Å². The highest BCUT2D eigenvalue weighted by atomic mass is 127. The highest BCUT2D eigenvalue weighted by Crippen LogP contribution is 2.60. The van der Waals surface area contributed by atoms with Crippen molar-refractivity contribution in [1.29, 1.82) is 0 Å². The lowest BCUT2D eigenvalue weighted by atomic mass is 10.3. The SMILES string of the molecule is CCOC(=O)C(C)=P(c1ccccc1)(c1ccccc1)c1ccccc1.CCOC(=O)C(C)[P+](c1ccccc1)(c1ccccc1)c1ccccc1.CCOC(=O)C=P(c1ccccc1)(c1ccccc1)c1ccccc1.CCOC(=O)CBr.CCOC(=O)C[P+](c1ccccc1)(c1ccccc1)c1ccccc1.[Br-].[I-]. The van der Waals surface area contributed by atoms with E-state index in [0.29, 0.717) is 44.5 Å². The maximum atomic E-state index is 12.9. The van der Waals surface area contributed by atoms with Gasteiger partial charge in [0, 0.05) is 11.1 Å². The highest BCUT2D eigenvalue weighted by molar-refractivity contribution is 9.09. The van der Waals surface area contributed by atoms with Crippen LogP contribution in [-0.4, -0.2) is 91.1 Å². The smallest absolute Gasteiger partial charge is 0.347 e. The van der Waals surface area contributed by atoms with E-state index >= 15 is 0 Å². The average molecular weight is 1800 g/mol. The summed E-state index contributed by atoms with van der Waals surface area (Å²) in [7, 11) is -4.32. The third kappa shape index (κ3) is 23.4. The second kappa shape index (κ2) is 48.1. The van der Waals surface area contributed by atoms with Crippen LogP contribution in [0, 0.1) is 0 Å². The van der Waals surface area contributed by atoms with Crippen molar-refractivity contribution in [3.8, 4) is 0 Å². The quantitative estimate of drug-likeness (QED) is 0.0190. The van der Waals surface area contributed by atoms with Gasteiger partial charge in [0.05, 0.1) is 33.0 Å². The average Bonchev–Trinajstić information content (AvgIpc) is 0.746. The first-order valence-corrected chi connectivity index (χ1v) is 45.2. The zero-order chi connectivity index (χ0) is 77.6. The summed E-state index contributed by atoms with van der Waals surface area (Å²) in [4.78, 5) is 61.0. The molecule has 0 aromatic heterocycles. The van der Waals surface area contributed by atoms with Crippen molar-refractivity contribution in [2.24, 2.45) is 0 Å².